The van der Waals surface area contributed by atoms with Crippen LogP contribution < -0.4 is 11.3 Å². The lowest BCUT2D eigenvalue weighted by Crippen LogP contribution is -2.22. The Morgan fingerprint density at radius 2 is 2.18 bits per heavy atom. The largest absolute Gasteiger partial charge is 0.504 e. The summed E-state index contributed by atoms with van der Waals surface area (Å²) in [6.07, 6.45) is 0. The number of rotatable bonds is 1. The summed E-state index contributed by atoms with van der Waals surface area (Å²) in [5.74, 6) is -0.435. The monoisotopic (exact) mass is 251 g/mol. The summed E-state index contributed by atoms with van der Waals surface area (Å²) in [5.41, 5.74) is 6.24. The van der Waals surface area contributed by atoms with E-state index in [1.165, 1.54) is 0 Å². The van der Waals surface area contributed by atoms with E-state index >= 15 is 0 Å². The second-order valence-electron chi connectivity index (χ2n) is 3.55. The first-order chi connectivity index (χ1) is 8.00. The summed E-state index contributed by atoms with van der Waals surface area (Å²) < 4.78 is 1.11. The molecule has 0 radical (unpaired) electrons. The van der Waals surface area contributed by atoms with Gasteiger partial charge in [-0.1, -0.05) is 17.7 Å². The van der Waals surface area contributed by atoms with Crippen LogP contribution in [0.2, 0.25) is 5.02 Å². The fraction of sp³-hybridized carbons (Fsp3) is 0.0909. The first-order valence-electron chi connectivity index (χ1n) is 4.85. The van der Waals surface area contributed by atoms with E-state index in [9.17, 15) is 9.90 Å². The Kier molecular flexibility index (Phi) is 2.77. The highest BCUT2D eigenvalue weighted by Gasteiger charge is 2.10. The van der Waals surface area contributed by atoms with Crippen LogP contribution in [-0.2, 0) is 0 Å². The van der Waals surface area contributed by atoms with Crippen molar-refractivity contribution in [3.05, 3.63) is 45.2 Å². The SMILES string of the molecule is Cc1c(Cl)cccc1-n1nc(N)c(O)cc1=O. The Bertz CT molecular complexity index is 637. The minimum Gasteiger partial charge on any atom is -0.504 e. The van der Waals surface area contributed by atoms with E-state index in [0.717, 1.165) is 10.7 Å². The predicted molar refractivity (Wildman–Crippen MR) is 65.7 cm³/mol. The average molecular weight is 252 g/mol. The number of nitrogens with zero attached hydrogens (tertiary/aromatic N) is 2. The molecule has 0 saturated carbocycles. The van der Waals surface area contributed by atoms with Gasteiger partial charge in [0.05, 0.1) is 11.8 Å². The van der Waals surface area contributed by atoms with Crippen molar-refractivity contribution in [2.45, 2.75) is 6.92 Å². The molecule has 0 amide bonds. The Morgan fingerprint density at radius 1 is 1.47 bits per heavy atom. The van der Waals surface area contributed by atoms with E-state index in [2.05, 4.69) is 5.10 Å². The zero-order chi connectivity index (χ0) is 12.6. The maximum Gasteiger partial charge on any atom is 0.275 e. The molecule has 17 heavy (non-hydrogen) atoms. The van der Waals surface area contributed by atoms with Crippen LogP contribution in [0.4, 0.5) is 5.82 Å². The van der Waals surface area contributed by atoms with Crippen LogP contribution in [-0.4, -0.2) is 14.9 Å². The highest BCUT2D eigenvalue weighted by atomic mass is 35.5. The van der Waals surface area contributed by atoms with E-state index in [0.29, 0.717) is 16.3 Å². The molecular weight excluding hydrogens is 242 g/mol. The van der Waals surface area contributed by atoms with Gasteiger partial charge in [-0.3, -0.25) is 4.79 Å². The molecule has 0 unspecified atom stereocenters. The van der Waals surface area contributed by atoms with Gasteiger partial charge in [-0.05, 0) is 24.6 Å². The standard InChI is InChI=1S/C11H10ClN3O2/c1-6-7(12)3-2-4-8(6)15-10(17)5-9(16)11(13)14-15/h2-5,16H,1H3,(H2,13,14). The summed E-state index contributed by atoms with van der Waals surface area (Å²) in [5, 5.41) is 13.6. The molecule has 3 N–H and O–H groups in total. The minimum atomic E-state index is -0.470. The normalized spacial score (nSPS) is 10.5. The maximum atomic E-state index is 11.7. The van der Waals surface area contributed by atoms with Crippen LogP contribution >= 0.6 is 11.6 Å². The molecule has 2 rings (SSSR count). The number of benzene rings is 1. The molecular formula is C11H10ClN3O2. The molecule has 0 spiro atoms. The van der Waals surface area contributed by atoms with E-state index in [-0.39, 0.29) is 11.6 Å². The quantitative estimate of drug-likeness (QED) is 0.804. The Labute approximate surface area is 102 Å². The Balaban J connectivity index is 2.73. The fourth-order valence-corrected chi connectivity index (χ4v) is 1.63. The number of aromatic hydroxyl groups is 1. The molecule has 0 saturated heterocycles. The average Bonchev–Trinajstić information content (AvgIpc) is 2.28. The highest BCUT2D eigenvalue weighted by Crippen LogP contribution is 2.21. The number of hydrogen-bond acceptors (Lipinski definition) is 4. The van der Waals surface area contributed by atoms with Gasteiger partial charge in [0.1, 0.15) is 0 Å². The number of nitrogens with two attached hydrogens (primary N) is 1. The van der Waals surface area contributed by atoms with Crippen molar-refractivity contribution in [1.82, 2.24) is 9.78 Å². The third kappa shape index (κ3) is 1.97. The molecule has 6 heteroatoms. The molecule has 1 aromatic carbocycles. The van der Waals surface area contributed by atoms with Crippen LogP contribution in [0.5, 0.6) is 5.75 Å². The number of aromatic nitrogens is 2. The summed E-state index contributed by atoms with van der Waals surface area (Å²) in [6, 6.07) is 6.14. The predicted octanol–water partition coefficient (Wildman–Crippen LogP) is 1.48. The molecule has 2 aromatic rings. The van der Waals surface area contributed by atoms with Crippen molar-refractivity contribution in [3.8, 4) is 11.4 Å². The Morgan fingerprint density at radius 3 is 2.88 bits per heavy atom. The van der Waals surface area contributed by atoms with Crippen molar-refractivity contribution in [1.29, 1.82) is 0 Å². The van der Waals surface area contributed by atoms with Crippen LogP contribution in [0.25, 0.3) is 5.69 Å². The second-order valence-corrected chi connectivity index (χ2v) is 3.96. The molecule has 5 nitrogen and oxygen atoms in total. The summed E-state index contributed by atoms with van der Waals surface area (Å²) >= 11 is 5.96. The fourth-order valence-electron chi connectivity index (χ4n) is 1.46. The zero-order valence-corrected chi connectivity index (χ0v) is 9.77. The maximum absolute atomic E-state index is 11.7. The minimum absolute atomic E-state index is 0.107. The number of halogens is 1. The molecule has 1 heterocycles. The lowest BCUT2D eigenvalue weighted by Gasteiger charge is -2.09. The van der Waals surface area contributed by atoms with Crippen LogP contribution in [0.3, 0.4) is 0 Å². The smallest absolute Gasteiger partial charge is 0.275 e. The third-order valence-electron chi connectivity index (χ3n) is 2.41. The lowest BCUT2D eigenvalue weighted by atomic mass is 10.2. The second kappa shape index (κ2) is 4.10. The topological polar surface area (TPSA) is 81.1 Å². The number of nitrogen functional groups attached to an aromatic ring is 1. The van der Waals surface area contributed by atoms with E-state index in [1.807, 2.05) is 0 Å². The molecule has 0 aliphatic carbocycles. The molecule has 0 fully saturated rings. The van der Waals surface area contributed by atoms with Gasteiger partial charge in [-0.25, -0.2) is 0 Å². The summed E-state index contributed by atoms with van der Waals surface area (Å²) in [7, 11) is 0. The first-order valence-corrected chi connectivity index (χ1v) is 5.23. The number of hydrogen-bond donors (Lipinski definition) is 2. The van der Waals surface area contributed by atoms with Crippen molar-refractivity contribution < 1.29 is 5.11 Å². The molecule has 0 aliphatic heterocycles. The van der Waals surface area contributed by atoms with Gasteiger partial charge in [0.2, 0.25) is 0 Å². The number of anilines is 1. The lowest BCUT2D eigenvalue weighted by molar-refractivity contribution is 0.471. The molecule has 0 bridgehead atoms. The van der Waals surface area contributed by atoms with E-state index in [1.54, 1.807) is 25.1 Å². The molecule has 0 atom stereocenters. The van der Waals surface area contributed by atoms with Crippen LogP contribution in [0, 0.1) is 6.92 Å². The third-order valence-corrected chi connectivity index (χ3v) is 2.82. The van der Waals surface area contributed by atoms with Gasteiger partial charge in [0.25, 0.3) is 5.56 Å². The van der Waals surface area contributed by atoms with Gasteiger partial charge >= 0.3 is 0 Å². The zero-order valence-electron chi connectivity index (χ0n) is 9.01. The van der Waals surface area contributed by atoms with Crippen molar-refractivity contribution in [2.75, 3.05) is 5.73 Å². The molecule has 88 valence electrons. The Hall–Kier alpha value is -2.01. The highest BCUT2D eigenvalue weighted by molar-refractivity contribution is 6.31. The first kappa shape index (κ1) is 11.5. The van der Waals surface area contributed by atoms with Crippen LogP contribution in [0.15, 0.2) is 29.1 Å². The van der Waals surface area contributed by atoms with Gasteiger partial charge < -0.3 is 10.8 Å². The van der Waals surface area contributed by atoms with Crippen molar-refractivity contribution in [3.63, 3.8) is 0 Å². The van der Waals surface area contributed by atoms with Gasteiger partial charge in [-0.2, -0.15) is 4.68 Å². The molecule has 0 aliphatic rings. The van der Waals surface area contributed by atoms with Crippen molar-refractivity contribution >= 4 is 17.4 Å². The van der Waals surface area contributed by atoms with E-state index in [4.69, 9.17) is 17.3 Å². The van der Waals surface area contributed by atoms with E-state index < -0.39 is 5.56 Å². The van der Waals surface area contributed by atoms with Gasteiger partial charge in [0, 0.05) is 5.02 Å². The van der Waals surface area contributed by atoms with Gasteiger partial charge in [0.15, 0.2) is 11.6 Å². The summed E-state index contributed by atoms with van der Waals surface area (Å²) in [6.45, 7) is 1.77. The molecule has 1 aromatic heterocycles. The van der Waals surface area contributed by atoms with Crippen LogP contribution in [0.1, 0.15) is 5.56 Å². The van der Waals surface area contributed by atoms with Gasteiger partial charge in [-0.15, -0.1) is 5.10 Å². The van der Waals surface area contributed by atoms with Crippen molar-refractivity contribution in [2.24, 2.45) is 0 Å². The summed E-state index contributed by atoms with van der Waals surface area (Å²) in [4.78, 5) is 11.7.